The zero-order chi connectivity index (χ0) is 16.8. The second-order valence-corrected chi connectivity index (χ2v) is 7.52. The van der Waals surface area contributed by atoms with E-state index >= 15 is 0 Å². The predicted octanol–water partition coefficient (Wildman–Crippen LogP) is 3.35. The van der Waals surface area contributed by atoms with Gasteiger partial charge in [0.1, 0.15) is 22.0 Å². The van der Waals surface area contributed by atoms with E-state index in [0.29, 0.717) is 17.8 Å². The Bertz CT molecular complexity index is 761. The maximum atomic E-state index is 14.2. The van der Waals surface area contributed by atoms with Crippen LogP contribution in [0.15, 0.2) is 36.7 Å². The second kappa shape index (κ2) is 5.49. The van der Waals surface area contributed by atoms with Crippen LogP contribution >= 0.6 is 23.2 Å². The number of amides is 1. The monoisotopic (exact) mass is 355 g/mol. The highest BCUT2D eigenvalue weighted by molar-refractivity contribution is 6.53. The maximum Gasteiger partial charge on any atom is 0.229 e. The summed E-state index contributed by atoms with van der Waals surface area (Å²) in [5.74, 6) is -0.203. The summed E-state index contributed by atoms with van der Waals surface area (Å²) in [6.45, 7) is 1.69. The molecule has 4 nitrogen and oxygen atoms in total. The first-order valence-electron chi connectivity index (χ1n) is 7.17. The minimum Gasteiger partial charge on any atom is -0.341 e. The fourth-order valence-corrected chi connectivity index (χ4v) is 3.29. The topological polar surface area (TPSA) is 46.9 Å². The second-order valence-electron chi connectivity index (χ2n) is 6.04. The molecule has 2 atom stereocenters. The summed E-state index contributed by atoms with van der Waals surface area (Å²) in [7, 11) is 1.79. The highest BCUT2D eigenvalue weighted by Gasteiger charge is 2.68. The molecule has 1 aliphatic rings. The van der Waals surface area contributed by atoms with E-state index in [1.165, 1.54) is 6.07 Å². The largest absolute Gasteiger partial charge is 0.341 e. The van der Waals surface area contributed by atoms with Crippen LogP contribution in [0.3, 0.4) is 0 Å². The summed E-state index contributed by atoms with van der Waals surface area (Å²) in [5.41, 5.74) is -0.542. The Labute approximate surface area is 143 Å². The van der Waals surface area contributed by atoms with E-state index in [2.05, 4.69) is 10.3 Å². The van der Waals surface area contributed by atoms with Gasteiger partial charge in [-0.25, -0.2) is 9.37 Å². The van der Waals surface area contributed by atoms with E-state index in [1.54, 1.807) is 49.1 Å². The van der Waals surface area contributed by atoms with E-state index in [9.17, 15) is 9.18 Å². The van der Waals surface area contributed by atoms with Crippen molar-refractivity contribution in [1.29, 1.82) is 0 Å². The number of aryl methyl sites for hydroxylation is 1. The van der Waals surface area contributed by atoms with E-state index in [1.807, 2.05) is 0 Å². The quantitative estimate of drug-likeness (QED) is 0.854. The number of benzene rings is 1. The van der Waals surface area contributed by atoms with Crippen LogP contribution < -0.4 is 5.32 Å². The summed E-state index contributed by atoms with van der Waals surface area (Å²) in [6.07, 6.45) is 3.70. The van der Waals surface area contributed by atoms with E-state index < -0.39 is 21.6 Å². The van der Waals surface area contributed by atoms with Crippen LogP contribution in [0.4, 0.5) is 4.39 Å². The molecule has 0 spiro atoms. The summed E-state index contributed by atoms with van der Waals surface area (Å²) in [4.78, 5) is 16.8. The average molecular weight is 356 g/mol. The molecule has 0 unspecified atom stereocenters. The molecule has 3 rings (SSSR count). The zero-order valence-corrected chi connectivity index (χ0v) is 14.2. The van der Waals surface area contributed by atoms with E-state index in [0.717, 1.165) is 0 Å². The highest BCUT2D eigenvalue weighted by Crippen LogP contribution is 2.64. The Morgan fingerprint density at radius 3 is 2.61 bits per heavy atom. The van der Waals surface area contributed by atoms with Crippen molar-refractivity contribution in [1.82, 2.24) is 14.9 Å². The lowest BCUT2D eigenvalue weighted by Gasteiger charge is -2.22. The first-order chi connectivity index (χ1) is 10.8. The van der Waals surface area contributed by atoms with Crippen molar-refractivity contribution in [2.24, 2.45) is 12.5 Å². The molecule has 0 bridgehead atoms. The van der Waals surface area contributed by atoms with Crippen LogP contribution in [-0.4, -0.2) is 19.8 Å². The highest BCUT2D eigenvalue weighted by atomic mass is 35.5. The third-order valence-corrected chi connectivity index (χ3v) is 5.47. The van der Waals surface area contributed by atoms with Gasteiger partial charge in [-0.05, 0) is 19.4 Å². The standard InChI is InChI=1S/C16H16Cl2FN3O/c1-15(9-16(15,17)18)14(23)21-12(13-20-7-8-22(13)2)10-5-3-4-6-11(10)19/h3-8,12H,9H2,1-2H3,(H,21,23)/t12-,15-/m0/s1. The van der Waals surface area contributed by atoms with Gasteiger partial charge >= 0.3 is 0 Å². The minimum absolute atomic E-state index is 0.321. The third-order valence-electron chi connectivity index (χ3n) is 4.37. The van der Waals surface area contributed by atoms with E-state index in [-0.39, 0.29) is 5.91 Å². The first-order valence-corrected chi connectivity index (χ1v) is 7.92. The molecule has 1 amide bonds. The van der Waals surface area contributed by atoms with Gasteiger partial charge in [-0.3, -0.25) is 4.79 Å². The lowest BCUT2D eigenvalue weighted by molar-refractivity contribution is -0.126. The Morgan fingerprint density at radius 2 is 2.09 bits per heavy atom. The Balaban J connectivity index is 1.96. The average Bonchev–Trinajstić information content (AvgIpc) is 2.81. The Kier molecular flexibility index (Phi) is 3.89. The zero-order valence-electron chi connectivity index (χ0n) is 12.7. The van der Waals surface area contributed by atoms with Crippen molar-refractivity contribution < 1.29 is 9.18 Å². The van der Waals surface area contributed by atoms with Gasteiger partial charge in [0.25, 0.3) is 0 Å². The molecular formula is C16H16Cl2FN3O. The molecular weight excluding hydrogens is 340 g/mol. The molecule has 1 aliphatic carbocycles. The van der Waals surface area contributed by atoms with Gasteiger partial charge in [0.15, 0.2) is 0 Å². The molecule has 1 fully saturated rings. The molecule has 1 aromatic heterocycles. The van der Waals surface area contributed by atoms with Crippen LogP contribution in [0.5, 0.6) is 0 Å². The van der Waals surface area contributed by atoms with Crippen LogP contribution in [0.2, 0.25) is 0 Å². The third kappa shape index (κ3) is 2.72. The normalized spacial score (nSPS) is 23.3. The molecule has 122 valence electrons. The predicted molar refractivity (Wildman–Crippen MR) is 86.8 cm³/mol. The molecule has 0 radical (unpaired) electrons. The number of aromatic nitrogens is 2. The number of alkyl halides is 2. The number of carbonyl (C=O) groups is 1. The first kappa shape index (κ1) is 16.3. The minimum atomic E-state index is -1.08. The van der Waals surface area contributed by atoms with Crippen LogP contribution in [-0.2, 0) is 11.8 Å². The smallest absolute Gasteiger partial charge is 0.229 e. The van der Waals surface area contributed by atoms with E-state index in [4.69, 9.17) is 23.2 Å². The molecule has 1 aromatic carbocycles. The summed E-state index contributed by atoms with van der Waals surface area (Å²) in [6, 6.07) is 5.57. The van der Waals surface area contributed by atoms with Crippen LogP contribution in [0.25, 0.3) is 0 Å². The molecule has 0 aliphatic heterocycles. The van der Waals surface area contributed by atoms with Crippen molar-refractivity contribution in [3.8, 4) is 0 Å². The molecule has 23 heavy (non-hydrogen) atoms. The molecule has 7 heteroatoms. The van der Waals surface area contributed by atoms with Gasteiger partial charge in [0.2, 0.25) is 5.91 Å². The number of carbonyl (C=O) groups excluding carboxylic acids is 1. The summed E-state index contributed by atoms with van der Waals surface area (Å²) in [5, 5.41) is 2.84. The van der Waals surface area contributed by atoms with Gasteiger partial charge in [-0.2, -0.15) is 0 Å². The van der Waals surface area contributed by atoms with Crippen molar-refractivity contribution in [2.75, 3.05) is 0 Å². The number of halogens is 3. The van der Waals surface area contributed by atoms with Gasteiger partial charge in [0, 0.05) is 25.0 Å². The fraction of sp³-hybridized carbons (Fsp3) is 0.375. The summed E-state index contributed by atoms with van der Waals surface area (Å²) >= 11 is 12.1. The number of hydrogen-bond acceptors (Lipinski definition) is 2. The maximum absolute atomic E-state index is 14.2. The number of hydrogen-bond donors (Lipinski definition) is 1. The lowest BCUT2D eigenvalue weighted by Crippen LogP contribution is -2.38. The van der Waals surface area contributed by atoms with Gasteiger partial charge in [-0.15, -0.1) is 23.2 Å². The van der Waals surface area contributed by atoms with Gasteiger partial charge in [-0.1, -0.05) is 18.2 Å². The SMILES string of the molecule is Cn1ccnc1[C@@H](NC(=O)[C@]1(C)CC1(Cl)Cl)c1ccccc1F. The van der Waals surface area contributed by atoms with Crippen molar-refractivity contribution in [3.05, 3.63) is 53.9 Å². The van der Waals surface area contributed by atoms with Crippen molar-refractivity contribution in [3.63, 3.8) is 0 Å². The Morgan fingerprint density at radius 1 is 1.43 bits per heavy atom. The van der Waals surface area contributed by atoms with Crippen LogP contribution in [0.1, 0.15) is 30.8 Å². The molecule has 1 saturated carbocycles. The van der Waals surface area contributed by atoms with Gasteiger partial charge < -0.3 is 9.88 Å². The summed E-state index contributed by atoms with van der Waals surface area (Å²) < 4.78 is 14.9. The number of nitrogens with zero attached hydrogens (tertiary/aromatic N) is 2. The van der Waals surface area contributed by atoms with Gasteiger partial charge in [0.05, 0.1) is 5.41 Å². The Hall–Kier alpha value is -1.59. The lowest BCUT2D eigenvalue weighted by atomic mass is 10.0. The van der Waals surface area contributed by atoms with Crippen molar-refractivity contribution in [2.45, 2.75) is 23.7 Å². The van der Waals surface area contributed by atoms with Crippen LogP contribution in [0, 0.1) is 11.2 Å². The number of imidazole rings is 1. The molecule has 1 heterocycles. The number of rotatable bonds is 4. The fourth-order valence-electron chi connectivity index (χ4n) is 2.58. The van der Waals surface area contributed by atoms with Crippen molar-refractivity contribution >= 4 is 29.1 Å². The molecule has 1 N–H and O–H groups in total. The molecule has 2 aromatic rings. The number of nitrogens with one attached hydrogen (secondary N) is 1. The molecule has 0 saturated heterocycles.